The Morgan fingerprint density at radius 3 is 2.43 bits per heavy atom. The van der Waals surface area contributed by atoms with Gasteiger partial charge in [0.25, 0.3) is 5.56 Å². The van der Waals surface area contributed by atoms with Crippen molar-refractivity contribution >= 4 is 17.6 Å². The van der Waals surface area contributed by atoms with E-state index in [2.05, 4.69) is 10.1 Å². The van der Waals surface area contributed by atoms with Crippen LogP contribution in [0.2, 0.25) is 0 Å². The summed E-state index contributed by atoms with van der Waals surface area (Å²) in [5.74, 6) is -3.03. The number of carbonyl (C=O) groups is 2. The smallest absolute Gasteiger partial charge is 0.339 e. The molecule has 1 heterocycles. The lowest BCUT2D eigenvalue weighted by Crippen LogP contribution is -2.27. The Morgan fingerprint density at radius 1 is 1.17 bits per heavy atom. The number of hydrogen-bond donors (Lipinski definition) is 1. The van der Waals surface area contributed by atoms with E-state index in [1.54, 1.807) is 0 Å². The Kier molecular flexibility index (Phi) is 4.85. The van der Waals surface area contributed by atoms with E-state index in [9.17, 15) is 23.2 Å². The Morgan fingerprint density at radius 2 is 1.83 bits per heavy atom. The largest absolute Gasteiger partial charge is 0.465 e. The maximum atomic E-state index is 13.1. The van der Waals surface area contributed by atoms with Gasteiger partial charge in [0, 0.05) is 24.0 Å². The van der Waals surface area contributed by atoms with Crippen molar-refractivity contribution in [3.63, 3.8) is 0 Å². The molecular formula is C15H12F2N2O4. The Balaban J connectivity index is 2.16. The molecule has 0 atom stereocenters. The highest BCUT2D eigenvalue weighted by atomic mass is 19.1. The van der Waals surface area contributed by atoms with Crippen LogP contribution in [0, 0.1) is 11.6 Å². The molecule has 0 bridgehead atoms. The molecule has 1 amide bonds. The van der Waals surface area contributed by atoms with Gasteiger partial charge in [0.05, 0.1) is 12.7 Å². The van der Waals surface area contributed by atoms with Crippen molar-refractivity contribution in [2.45, 2.75) is 6.54 Å². The van der Waals surface area contributed by atoms with Crippen LogP contribution >= 0.6 is 0 Å². The quantitative estimate of drug-likeness (QED) is 0.867. The van der Waals surface area contributed by atoms with Crippen LogP contribution in [-0.4, -0.2) is 23.6 Å². The van der Waals surface area contributed by atoms with Gasteiger partial charge in [-0.05, 0) is 18.2 Å². The number of halogens is 2. The minimum atomic E-state index is -0.842. The molecule has 0 unspecified atom stereocenters. The van der Waals surface area contributed by atoms with Gasteiger partial charge in [-0.3, -0.25) is 9.59 Å². The first-order chi connectivity index (χ1) is 10.9. The maximum Gasteiger partial charge on any atom is 0.339 e. The second-order valence-electron chi connectivity index (χ2n) is 4.58. The zero-order valence-electron chi connectivity index (χ0n) is 12.0. The molecule has 0 aliphatic heterocycles. The fourth-order valence-corrected chi connectivity index (χ4v) is 1.87. The maximum absolute atomic E-state index is 13.1. The highest BCUT2D eigenvalue weighted by Crippen LogP contribution is 2.12. The fraction of sp³-hybridized carbons (Fsp3) is 0.133. The van der Waals surface area contributed by atoms with Crippen molar-refractivity contribution in [3.05, 3.63) is 64.1 Å². The molecule has 0 saturated carbocycles. The van der Waals surface area contributed by atoms with Gasteiger partial charge in [0.15, 0.2) is 0 Å². The molecule has 0 aliphatic rings. The molecule has 0 spiro atoms. The molecule has 6 nitrogen and oxygen atoms in total. The van der Waals surface area contributed by atoms with Crippen molar-refractivity contribution in [3.8, 4) is 0 Å². The summed E-state index contributed by atoms with van der Waals surface area (Å²) in [6, 6.07) is 4.93. The average molecular weight is 322 g/mol. The van der Waals surface area contributed by atoms with E-state index in [1.807, 2.05) is 0 Å². The summed E-state index contributed by atoms with van der Waals surface area (Å²) in [5, 5.41) is 2.27. The molecule has 0 saturated heterocycles. The molecular weight excluding hydrogens is 310 g/mol. The van der Waals surface area contributed by atoms with E-state index < -0.39 is 35.6 Å². The average Bonchev–Trinajstić information content (AvgIpc) is 2.47. The van der Waals surface area contributed by atoms with Gasteiger partial charge in [0.2, 0.25) is 5.91 Å². The Bertz CT molecular complexity index is 797. The number of amides is 1. The molecule has 1 N–H and O–H groups in total. The van der Waals surface area contributed by atoms with Crippen molar-refractivity contribution in [2.75, 3.05) is 12.4 Å². The van der Waals surface area contributed by atoms with Crippen LogP contribution in [0.3, 0.4) is 0 Å². The minimum absolute atomic E-state index is 0.0790. The zero-order valence-corrected chi connectivity index (χ0v) is 12.0. The number of ether oxygens (including phenoxy) is 1. The number of carbonyl (C=O) groups excluding carboxylic acids is 2. The van der Waals surface area contributed by atoms with Crippen molar-refractivity contribution in [2.24, 2.45) is 0 Å². The molecule has 0 aliphatic carbocycles. The number of pyridine rings is 1. The monoisotopic (exact) mass is 322 g/mol. The number of nitrogens with one attached hydrogen (secondary N) is 1. The summed E-state index contributed by atoms with van der Waals surface area (Å²) in [6.07, 6.45) is 1.17. The van der Waals surface area contributed by atoms with Crippen molar-refractivity contribution < 1.29 is 23.1 Å². The number of methoxy groups -OCH3 is 1. The van der Waals surface area contributed by atoms with Gasteiger partial charge >= 0.3 is 5.97 Å². The number of esters is 1. The first-order valence-electron chi connectivity index (χ1n) is 6.44. The van der Waals surface area contributed by atoms with Crippen LogP contribution in [0.1, 0.15) is 10.4 Å². The topological polar surface area (TPSA) is 77.4 Å². The van der Waals surface area contributed by atoms with Gasteiger partial charge in [-0.15, -0.1) is 0 Å². The van der Waals surface area contributed by atoms with Crippen LogP contribution in [-0.2, 0) is 16.1 Å². The third kappa shape index (κ3) is 4.22. The summed E-state index contributed by atoms with van der Waals surface area (Å²) >= 11 is 0. The van der Waals surface area contributed by atoms with Crippen molar-refractivity contribution in [1.82, 2.24) is 4.57 Å². The van der Waals surface area contributed by atoms with E-state index >= 15 is 0 Å². The predicted octanol–water partition coefficient (Wildman–Crippen LogP) is 1.55. The Labute approximate surface area is 129 Å². The molecule has 0 fully saturated rings. The predicted molar refractivity (Wildman–Crippen MR) is 77.0 cm³/mol. The molecule has 120 valence electrons. The first-order valence-corrected chi connectivity index (χ1v) is 6.44. The SMILES string of the molecule is COC(=O)c1ccc(=O)n(CC(=O)Nc2cc(F)cc(F)c2)c1. The highest BCUT2D eigenvalue weighted by molar-refractivity contribution is 5.91. The summed E-state index contributed by atoms with van der Waals surface area (Å²) in [4.78, 5) is 35.0. The molecule has 0 radical (unpaired) electrons. The van der Waals surface area contributed by atoms with Crippen LogP contribution < -0.4 is 10.9 Å². The van der Waals surface area contributed by atoms with E-state index in [0.717, 1.165) is 22.8 Å². The lowest BCUT2D eigenvalue weighted by molar-refractivity contribution is -0.116. The second kappa shape index (κ2) is 6.82. The van der Waals surface area contributed by atoms with Gasteiger partial charge < -0.3 is 14.6 Å². The van der Waals surface area contributed by atoms with Gasteiger partial charge in [-0.25, -0.2) is 13.6 Å². The molecule has 2 aromatic rings. The van der Waals surface area contributed by atoms with Crippen molar-refractivity contribution in [1.29, 1.82) is 0 Å². The normalized spacial score (nSPS) is 10.2. The second-order valence-corrected chi connectivity index (χ2v) is 4.58. The zero-order chi connectivity index (χ0) is 17.0. The van der Waals surface area contributed by atoms with Crippen LogP contribution in [0.25, 0.3) is 0 Å². The lowest BCUT2D eigenvalue weighted by atomic mass is 10.3. The molecule has 2 rings (SSSR count). The van der Waals surface area contributed by atoms with E-state index in [0.29, 0.717) is 6.07 Å². The summed E-state index contributed by atoms with van der Waals surface area (Å²) < 4.78 is 31.6. The van der Waals surface area contributed by atoms with E-state index in [1.165, 1.54) is 19.4 Å². The Hall–Kier alpha value is -3.03. The lowest BCUT2D eigenvalue weighted by Gasteiger charge is -2.09. The number of anilines is 1. The third-order valence-corrected chi connectivity index (χ3v) is 2.86. The molecule has 1 aromatic carbocycles. The number of rotatable bonds is 4. The van der Waals surface area contributed by atoms with E-state index in [4.69, 9.17) is 0 Å². The molecule has 23 heavy (non-hydrogen) atoms. The number of nitrogens with zero attached hydrogens (tertiary/aromatic N) is 1. The van der Waals surface area contributed by atoms with Gasteiger partial charge in [-0.1, -0.05) is 0 Å². The fourth-order valence-electron chi connectivity index (χ4n) is 1.87. The van der Waals surface area contributed by atoms with Gasteiger partial charge in [-0.2, -0.15) is 0 Å². The highest BCUT2D eigenvalue weighted by Gasteiger charge is 2.11. The molecule has 1 aromatic heterocycles. The number of aromatic nitrogens is 1. The number of benzene rings is 1. The van der Waals surface area contributed by atoms with Crippen LogP contribution in [0.4, 0.5) is 14.5 Å². The van der Waals surface area contributed by atoms with E-state index in [-0.39, 0.29) is 11.3 Å². The first kappa shape index (κ1) is 16.3. The van der Waals surface area contributed by atoms with Gasteiger partial charge in [0.1, 0.15) is 18.2 Å². The summed E-state index contributed by atoms with van der Waals surface area (Å²) in [6.45, 7) is -0.429. The summed E-state index contributed by atoms with van der Waals surface area (Å²) in [5.41, 5.74) is -0.500. The van der Waals surface area contributed by atoms with Crippen LogP contribution in [0.5, 0.6) is 0 Å². The number of hydrogen-bond acceptors (Lipinski definition) is 4. The molecule has 8 heteroatoms. The minimum Gasteiger partial charge on any atom is -0.465 e. The third-order valence-electron chi connectivity index (χ3n) is 2.86. The standard InChI is InChI=1S/C15H12F2N2O4/c1-23-15(22)9-2-3-14(21)19(7-9)8-13(20)18-12-5-10(16)4-11(17)6-12/h2-7H,8H2,1H3,(H,18,20). The summed E-state index contributed by atoms with van der Waals surface area (Å²) in [7, 11) is 1.18. The van der Waals surface area contributed by atoms with Crippen LogP contribution in [0.15, 0.2) is 41.3 Å².